The van der Waals surface area contributed by atoms with Crippen molar-refractivity contribution in [3.05, 3.63) is 202 Å². The number of carbonyl (C=O) groups excluding carboxylic acids is 3. The molecule has 9 atom stereocenters. The molecular formula is C74H100N6O19S6. The topological polar surface area (TPSA) is 470 Å². The summed E-state index contributed by atoms with van der Waals surface area (Å²) in [5.41, 5.74) is 21.9. The molecule has 0 aromatic heterocycles. The summed E-state index contributed by atoms with van der Waals surface area (Å²) in [4.78, 5) is 94.2. The fourth-order valence-corrected chi connectivity index (χ4v) is 13.3. The number of benzene rings is 6. The lowest BCUT2D eigenvalue weighted by molar-refractivity contribution is -0.140. The number of thiol groups is 3. The Hall–Kier alpha value is -7.47. The minimum Gasteiger partial charge on any atom is -0.508 e. The predicted molar refractivity (Wildman–Crippen MR) is 423 cm³/mol. The number of hydrogen-bond donors (Lipinski definition) is 19. The van der Waals surface area contributed by atoms with Gasteiger partial charge in [0.2, 0.25) is 0 Å². The van der Waals surface area contributed by atoms with Crippen molar-refractivity contribution in [2.75, 3.05) is 0 Å². The summed E-state index contributed by atoms with van der Waals surface area (Å²) in [5.74, 6) is -5.29. The molecule has 0 amide bonds. The Balaban J connectivity index is 0.000000601. The van der Waals surface area contributed by atoms with Gasteiger partial charge in [-0.2, -0.15) is 37.9 Å². The van der Waals surface area contributed by atoms with Crippen molar-refractivity contribution in [2.24, 2.45) is 17.2 Å². The van der Waals surface area contributed by atoms with Crippen LogP contribution >= 0.6 is 73.2 Å². The number of thioether (sulfide) groups is 3. The predicted octanol–water partition coefficient (Wildman–Crippen LogP) is 9.97. The van der Waals surface area contributed by atoms with Gasteiger partial charge in [-0.1, -0.05) is 140 Å². The van der Waals surface area contributed by atoms with E-state index in [9.17, 15) is 53.4 Å². The molecule has 31 heteroatoms. The average Bonchev–Trinajstić information content (AvgIpc) is 1.66. The molecule has 3 fully saturated rings. The third kappa shape index (κ3) is 33.9. The van der Waals surface area contributed by atoms with Gasteiger partial charge in [0.1, 0.15) is 60.3 Å². The van der Waals surface area contributed by atoms with Gasteiger partial charge in [-0.3, -0.25) is 59.1 Å². The first-order valence-electron chi connectivity index (χ1n) is 32.1. The summed E-state index contributed by atoms with van der Waals surface area (Å²) in [5, 5.41) is 97.9. The highest BCUT2D eigenvalue weighted by molar-refractivity contribution is 8.01. The van der Waals surface area contributed by atoms with Crippen LogP contribution in [0.5, 0.6) is 11.5 Å². The van der Waals surface area contributed by atoms with Gasteiger partial charge in [-0.15, -0.1) is 35.3 Å². The van der Waals surface area contributed by atoms with E-state index in [2.05, 4.69) is 53.8 Å². The number of hydrogen-bond acceptors (Lipinski definition) is 25. The number of carbonyl (C=O) groups is 9. The second kappa shape index (κ2) is 44.6. The number of phenols is 2. The number of nitrogens with one attached hydrogen (secondary N) is 3. The molecule has 9 rings (SSSR count). The van der Waals surface area contributed by atoms with Gasteiger partial charge >= 0.3 is 35.8 Å². The van der Waals surface area contributed by atoms with Crippen molar-refractivity contribution in [3.63, 3.8) is 0 Å². The number of aldehydes is 3. The molecule has 0 radical (unpaired) electrons. The first-order chi connectivity index (χ1) is 48.6. The minimum atomic E-state index is -1.02. The standard InChI is InChI=1S/C13H17NO3S.C12H15NO3S.C12H15NO2S.C8H8O2.C7H6O2.C7H6O.3C5H11NO2S/c1-13(2)10(12(16)17)14-11(18-13)9-5-3-8(7-15)4-6-9;1-12(2)9(11(15)16)13-10(17-12)7-5-3-4-6-8(7)14;1-12(2)9(11(14)15)13-10(16-12)8-6-4-3-5-7-8;9-5-7-1-2-8(6-10)4-3-7;8-5-6-3-1-2-4-7(6)9;8-6-7-4-2-1-3-5-7;3*1-5(2,9)3(6)4(7)8/h3-6,10-11,14-15H,7H2,1-2H3,(H,16,17);3-6,9-10,13-14H,1-2H3,(H,15,16);3-7,9-10,13H,1-2H3,(H,14,15);1-5,10H,6H2;1-5,9H;1-6H;3*3,9H,6H2,1-2H3,(H,7,8)/t10-,11?;2*9-,10?;;;;3*3-/m000...000/s1. The highest BCUT2D eigenvalue weighted by Gasteiger charge is 2.48. The van der Waals surface area contributed by atoms with E-state index >= 15 is 0 Å². The Bertz CT molecular complexity index is 3640. The SMILES string of the molecule is CC(C)(S)[C@@H](N)C(=O)O.CC(C)(S)[C@@H](N)C(=O)O.CC(C)(S)[C@@H](N)C(=O)O.CC1(C)SC(c2ccc(CO)cc2)N[C@H]1C(=O)O.CC1(C)SC(c2ccccc2)N[C@H]1C(=O)O.CC1(C)SC(c2ccccc2O)N[C@H]1C(=O)O.O=Cc1ccc(CO)cc1.O=Cc1ccccc1.O=Cc1ccccc1O. The van der Waals surface area contributed by atoms with Crippen LogP contribution < -0.4 is 33.2 Å². The van der Waals surface area contributed by atoms with E-state index < -0.39 is 91.1 Å². The smallest absolute Gasteiger partial charge is 0.322 e. The summed E-state index contributed by atoms with van der Waals surface area (Å²) < 4.78 is -2.97. The third-order valence-corrected chi connectivity index (χ3v) is 20.5. The molecule has 0 bridgehead atoms. The van der Waals surface area contributed by atoms with Crippen LogP contribution in [0, 0.1) is 0 Å². The molecule has 3 aliphatic rings. The van der Waals surface area contributed by atoms with Gasteiger partial charge in [0.15, 0.2) is 6.29 Å². The second-order valence-corrected chi connectivity index (χ2v) is 35.4. The fourth-order valence-electron chi connectivity index (χ4n) is 8.72. The lowest BCUT2D eigenvalue weighted by Gasteiger charge is -2.21. The van der Waals surface area contributed by atoms with Crippen LogP contribution in [0.3, 0.4) is 0 Å². The molecule has 3 heterocycles. The van der Waals surface area contributed by atoms with Gasteiger partial charge in [0.25, 0.3) is 0 Å². The highest BCUT2D eigenvalue weighted by atomic mass is 32.2. The molecule has 19 N–H and O–H groups in total. The van der Waals surface area contributed by atoms with Crippen LogP contribution in [0.15, 0.2) is 158 Å². The maximum atomic E-state index is 11.2. The average molecular weight is 1570 g/mol. The number of aromatic hydroxyl groups is 2. The molecule has 576 valence electrons. The van der Waals surface area contributed by atoms with Crippen molar-refractivity contribution in [1.82, 2.24) is 16.0 Å². The van der Waals surface area contributed by atoms with E-state index in [1.807, 2.05) is 120 Å². The number of rotatable bonds is 17. The van der Waals surface area contributed by atoms with E-state index in [0.717, 1.165) is 46.0 Å². The van der Waals surface area contributed by atoms with Crippen molar-refractivity contribution >= 4 is 128 Å². The summed E-state index contributed by atoms with van der Waals surface area (Å²) in [6.45, 7) is 21.6. The Kier molecular flexibility index (Phi) is 40.6. The van der Waals surface area contributed by atoms with Gasteiger partial charge < -0.3 is 68.3 Å². The first kappa shape index (κ1) is 95.5. The molecule has 25 nitrogen and oxygen atoms in total. The minimum absolute atomic E-state index is 0.0196. The summed E-state index contributed by atoms with van der Waals surface area (Å²) in [6, 6.07) is 42.5. The van der Waals surface area contributed by atoms with Crippen LogP contribution in [0.4, 0.5) is 0 Å². The Morgan fingerprint density at radius 3 is 0.971 bits per heavy atom. The van der Waals surface area contributed by atoms with Gasteiger partial charge in [-0.05, 0) is 124 Å². The van der Waals surface area contributed by atoms with Gasteiger partial charge in [0.05, 0.1) is 34.9 Å². The number of aliphatic hydroxyl groups is 2. The maximum Gasteiger partial charge on any atom is 0.322 e. The monoisotopic (exact) mass is 1570 g/mol. The number of para-hydroxylation sites is 2. The molecule has 0 aliphatic carbocycles. The number of phenolic OH excluding ortho intramolecular Hbond substituents is 2. The van der Waals surface area contributed by atoms with Crippen molar-refractivity contribution in [1.29, 1.82) is 0 Å². The zero-order chi connectivity index (χ0) is 80.6. The van der Waals surface area contributed by atoms with Crippen LogP contribution in [0.25, 0.3) is 0 Å². The summed E-state index contributed by atoms with van der Waals surface area (Å²) >= 11 is 16.8. The zero-order valence-electron chi connectivity index (χ0n) is 60.3. The quantitative estimate of drug-likeness (QED) is 0.0298. The number of aliphatic hydroxyl groups excluding tert-OH is 2. The molecule has 3 aliphatic heterocycles. The summed E-state index contributed by atoms with van der Waals surface area (Å²) in [7, 11) is 0. The molecule has 0 spiro atoms. The molecule has 3 saturated heterocycles. The van der Waals surface area contributed by atoms with E-state index in [4.69, 9.17) is 58.1 Å². The lowest BCUT2D eigenvalue weighted by atomic mass is 10.0. The van der Waals surface area contributed by atoms with Crippen LogP contribution in [-0.2, 0) is 42.0 Å². The van der Waals surface area contributed by atoms with Crippen LogP contribution in [0.1, 0.15) is 158 Å². The third-order valence-electron chi connectivity index (χ3n) is 15.2. The number of carboxylic acids is 6. The molecule has 0 saturated carbocycles. The molecular weight excluding hydrogens is 1470 g/mol. The maximum absolute atomic E-state index is 11.2. The van der Waals surface area contributed by atoms with Crippen molar-refractivity contribution in [2.45, 2.75) is 177 Å². The summed E-state index contributed by atoms with van der Waals surface area (Å²) in [6.07, 6.45) is 2.23. The lowest BCUT2D eigenvalue weighted by Crippen LogP contribution is -2.45. The highest BCUT2D eigenvalue weighted by Crippen LogP contribution is 2.49. The van der Waals surface area contributed by atoms with E-state index in [0.29, 0.717) is 17.4 Å². The van der Waals surface area contributed by atoms with Crippen LogP contribution in [-0.4, -0.2) is 170 Å². The van der Waals surface area contributed by atoms with E-state index in [-0.39, 0.29) is 50.3 Å². The Morgan fingerprint density at radius 1 is 0.419 bits per heavy atom. The van der Waals surface area contributed by atoms with Crippen molar-refractivity contribution in [3.8, 4) is 11.5 Å². The van der Waals surface area contributed by atoms with Gasteiger partial charge in [0, 0.05) is 45.2 Å². The second-order valence-electron chi connectivity index (χ2n) is 26.6. The number of aliphatic carboxylic acids is 6. The molecule has 3 unspecified atom stereocenters. The molecule has 6 aromatic carbocycles. The van der Waals surface area contributed by atoms with Crippen LogP contribution in [0.2, 0.25) is 0 Å². The van der Waals surface area contributed by atoms with E-state index in [1.165, 1.54) is 17.8 Å². The largest absolute Gasteiger partial charge is 0.508 e. The number of carboxylic acid groups (broad SMARTS) is 6. The Morgan fingerprint density at radius 2 is 0.705 bits per heavy atom. The number of nitrogens with two attached hydrogens (primary N) is 3. The van der Waals surface area contributed by atoms with E-state index in [1.54, 1.807) is 138 Å². The normalized spacial score (nSPS) is 19.3. The van der Waals surface area contributed by atoms with Gasteiger partial charge in [-0.25, -0.2) is 0 Å². The molecule has 105 heavy (non-hydrogen) atoms. The Labute approximate surface area is 642 Å². The van der Waals surface area contributed by atoms with Crippen molar-refractivity contribution < 1.29 is 94.2 Å². The molecule has 6 aromatic rings. The first-order valence-corrected chi connectivity index (χ1v) is 36.1. The zero-order valence-corrected chi connectivity index (χ0v) is 65.4. The fraction of sp³-hybridized carbons (Fsp3) is 0.392.